The molecule has 0 saturated carbocycles. The SMILES string of the molecule is N#Cc1c(N)nc(N)nc1-c1ccccc1B(O)O. The molecule has 0 aliphatic rings. The van der Waals surface area contributed by atoms with Gasteiger partial charge in [0.05, 0.1) is 5.69 Å². The molecule has 1 aromatic carbocycles. The summed E-state index contributed by atoms with van der Waals surface area (Å²) in [4.78, 5) is 7.66. The van der Waals surface area contributed by atoms with Gasteiger partial charge in [0.2, 0.25) is 5.95 Å². The van der Waals surface area contributed by atoms with Gasteiger partial charge in [0.1, 0.15) is 17.5 Å². The molecule has 1 aromatic heterocycles. The largest absolute Gasteiger partial charge is 0.489 e. The fourth-order valence-electron chi connectivity index (χ4n) is 1.74. The molecule has 0 amide bonds. The van der Waals surface area contributed by atoms with E-state index in [4.69, 9.17) is 16.7 Å². The lowest BCUT2D eigenvalue weighted by Gasteiger charge is -2.10. The highest BCUT2D eigenvalue weighted by molar-refractivity contribution is 6.60. The van der Waals surface area contributed by atoms with E-state index in [1.807, 2.05) is 6.07 Å². The second kappa shape index (κ2) is 4.93. The van der Waals surface area contributed by atoms with Crippen molar-refractivity contribution in [3.63, 3.8) is 0 Å². The van der Waals surface area contributed by atoms with Gasteiger partial charge < -0.3 is 21.5 Å². The van der Waals surface area contributed by atoms with Gasteiger partial charge in [-0.2, -0.15) is 10.2 Å². The summed E-state index contributed by atoms with van der Waals surface area (Å²) >= 11 is 0. The van der Waals surface area contributed by atoms with E-state index in [0.29, 0.717) is 5.56 Å². The number of anilines is 2. The van der Waals surface area contributed by atoms with Crippen molar-refractivity contribution < 1.29 is 10.0 Å². The van der Waals surface area contributed by atoms with Crippen molar-refractivity contribution in [1.82, 2.24) is 9.97 Å². The van der Waals surface area contributed by atoms with Crippen LogP contribution in [-0.4, -0.2) is 27.1 Å². The summed E-state index contributed by atoms with van der Waals surface area (Å²) in [5.41, 5.74) is 11.9. The van der Waals surface area contributed by atoms with Crippen molar-refractivity contribution in [3.05, 3.63) is 29.8 Å². The van der Waals surface area contributed by atoms with Crippen LogP contribution in [0.25, 0.3) is 11.3 Å². The maximum absolute atomic E-state index is 9.33. The van der Waals surface area contributed by atoms with E-state index >= 15 is 0 Å². The fourth-order valence-corrected chi connectivity index (χ4v) is 1.74. The first-order valence-electron chi connectivity index (χ1n) is 5.33. The number of nitriles is 1. The Morgan fingerprint density at radius 1 is 1.16 bits per heavy atom. The van der Waals surface area contributed by atoms with E-state index in [-0.39, 0.29) is 28.5 Å². The van der Waals surface area contributed by atoms with Gasteiger partial charge in [-0.1, -0.05) is 24.3 Å². The molecule has 0 aliphatic carbocycles. The Kier molecular flexibility index (Phi) is 3.33. The molecular weight excluding hydrogens is 245 g/mol. The normalized spacial score (nSPS) is 9.95. The van der Waals surface area contributed by atoms with Crippen LogP contribution in [0.1, 0.15) is 5.56 Å². The zero-order chi connectivity index (χ0) is 14.0. The third-order valence-electron chi connectivity index (χ3n) is 2.56. The summed E-state index contributed by atoms with van der Waals surface area (Å²) in [6.45, 7) is 0. The summed E-state index contributed by atoms with van der Waals surface area (Å²) in [5.74, 6) is -0.138. The molecule has 0 fully saturated rings. The minimum absolute atomic E-state index is 0.0438. The molecule has 19 heavy (non-hydrogen) atoms. The van der Waals surface area contributed by atoms with Gasteiger partial charge in [-0.15, -0.1) is 0 Å². The molecule has 7 nitrogen and oxygen atoms in total. The number of aromatic nitrogens is 2. The van der Waals surface area contributed by atoms with Gasteiger partial charge in [-0.05, 0) is 5.46 Å². The maximum atomic E-state index is 9.33. The Morgan fingerprint density at radius 2 is 1.84 bits per heavy atom. The second-order valence-corrected chi connectivity index (χ2v) is 3.76. The van der Waals surface area contributed by atoms with Crippen LogP contribution in [0.15, 0.2) is 24.3 Å². The summed E-state index contributed by atoms with van der Waals surface area (Å²) in [6.07, 6.45) is 0. The Morgan fingerprint density at radius 3 is 2.47 bits per heavy atom. The maximum Gasteiger partial charge on any atom is 0.489 e. The van der Waals surface area contributed by atoms with Gasteiger partial charge in [-0.3, -0.25) is 0 Å². The minimum Gasteiger partial charge on any atom is -0.423 e. The first kappa shape index (κ1) is 12.8. The highest BCUT2D eigenvalue weighted by Crippen LogP contribution is 2.23. The van der Waals surface area contributed by atoms with Crippen LogP contribution in [0.3, 0.4) is 0 Å². The van der Waals surface area contributed by atoms with E-state index in [2.05, 4.69) is 9.97 Å². The quantitative estimate of drug-likeness (QED) is 0.496. The third-order valence-corrected chi connectivity index (χ3v) is 2.56. The van der Waals surface area contributed by atoms with Crippen molar-refractivity contribution in [1.29, 1.82) is 5.26 Å². The Hall–Kier alpha value is -2.63. The number of nitrogen functional groups attached to an aromatic ring is 2. The van der Waals surface area contributed by atoms with Crippen LogP contribution < -0.4 is 16.9 Å². The predicted octanol–water partition coefficient (Wildman–Crippen LogP) is -1.14. The minimum atomic E-state index is -1.69. The molecule has 0 saturated heterocycles. The van der Waals surface area contributed by atoms with Crippen LogP contribution in [0, 0.1) is 11.3 Å². The first-order valence-corrected chi connectivity index (χ1v) is 5.33. The van der Waals surface area contributed by atoms with Crippen LogP contribution in [-0.2, 0) is 0 Å². The van der Waals surface area contributed by atoms with E-state index in [1.165, 1.54) is 6.07 Å². The Balaban J connectivity index is 2.76. The predicted molar refractivity (Wildman–Crippen MR) is 70.8 cm³/mol. The molecular formula is C11H10BN5O2. The smallest absolute Gasteiger partial charge is 0.423 e. The fraction of sp³-hybridized carbons (Fsp3) is 0. The van der Waals surface area contributed by atoms with Crippen LogP contribution in [0.5, 0.6) is 0 Å². The highest BCUT2D eigenvalue weighted by Gasteiger charge is 2.21. The first-order chi connectivity index (χ1) is 9.04. The van der Waals surface area contributed by atoms with E-state index in [1.54, 1.807) is 18.2 Å². The number of nitrogens with zero attached hydrogens (tertiary/aromatic N) is 3. The lowest BCUT2D eigenvalue weighted by Crippen LogP contribution is -2.31. The molecule has 0 aliphatic heterocycles. The molecule has 0 bridgehead atoms. The van der Waals surface area contributed by atoms with Gasteiger partial charge >= 0.3 is 7.12 Å². The van der Waals surface area contributed by atoms with Crippen LogP contribution in [0.4, 0.5) is 11.8 Å². The average Bonchev–Trinajstić information content (AvgIpc) is 2.37. The highest BCUT2D eigenvalue weighted by atomic mass is 16.4. The van der Waals surface area contributed by atoms with Crippen LogP contribution >= 0.6 is 0 Å². The molecule has 0 radical (unpaired) electrons. The zero-order valence-corrected chi connectivity index (χ0v) is 9.78. The lowest BCUT2D eigenvalue weighted by molar-refractivity contribution is 0.426. The molecule has 0 unspecified atom stereocenters. The number of hydrogen-bond acceptors (Lipinski definition) is 7. The Bertz CT molecular complexity index is 669. The monoisotopic (exact) mass is 255 g/mol. The third kappa shape index (κ3) is 2.33. The number of nitrogens with two attached hydrogens (primary N) is 2. The number of benzene rings is 1. The second-order valence-electron chi connectivity index (χ2n) is 3.76. The zero-order valence-electron chi connectivity index (χ0n) is 9.78. The van der Waals surface area contributed by atoms with Crippen molar-refractivity contribution in [2.45, 2.75) is 0 Å². The lowest BCUT2D eigenvalue weighted by atomic mass is 9.76. The average molecular weight is 255 g/mol. The summed E-state index contributed by atoms with van der Waals surface area (Å²) in [5, 5.41) is 27.8. The van der Waals surface area contributed by atoms with E-state index in [0.717, 1.165) is 0 Å². The molecule has 0 atom stereocenters. The van der Waals surface area contributed by atoms with Gasteiger partial charge in [0.15, 0.2) is 0 Å². The van der Waals surface area contributed by atoms with Crippen molar-refractivity contribution in [2.24, 2.45) is 0 Å². The van der Waals surface area contributed by atoms with Crippen molar-refractivity contribution >= 4 is 24.3 Å². The summed E-state index contributed by atoms with van der Waals surface area (Å²) < 4.78 is 0. The van der Waals surface area contributed by atoms with Crippen molar-refractivity contribution in [3.8, 4) is 17.3 Å². The number of rotatable bonds is 2. The van der Waals surface area contributed by atoms with E-state index in [9.17, 15) is 10.0 Å². The Labute approximate surface area is 109 Å². The molecule has 2 rings (SSSR count). The van der Waals surface area contributed by atoms with E-state index < -0.39 is 7.12 Å². The molecule has 8 heteroatoms. The molecule has 0 spiro atoms. The van der Waals surface area contributed by atoms with Gasteiger partial charge in [0, 0.05) is 5.56 Å². The summed E-state index contributed by atoms with van der Waals surface area (Å²) in [7, 11) is -1.69. The molecule has 2 aromatic rings. The topological polar surface area (TPSA) is 142 Å². The number of hydrogen-bond donors (Lipinski definition) is 4. The van der Waals surface area contributed by atoms with Crippen molar-refractivity contribution in [2.75, 3.05) is 11.5 Å². The summed E-state index contributed by atoms with van der Waals surface area (Å²) in [6, 6.07) is 8.31. The van der Waals surface area contributed by atoms with Crippen LogP contribution in [0.2, 0.25) is 0 Å². The van der Waals surface area contributed by atoms with Gasteiger partial charge in [0.25, 0.3) is 0 Å². The molecule has 94 valence electrons. The standard InChI is InChI=1S/C11H10BN5O2/c13-5-7-9(16-11(15)17-10(7)14)6-3-1-2-4-8(6)12(18)19/h1-4,18-19H,(H4,14,15,16,17). The molecule has 1 heterocycles. The molecule has 6 N–H and O–H groups in total. The van der Waals surface area contributed by atoms with Gasteiger partial charge in [-0.25, -0.2) is 4.98 Å².